The third kappa shape index (κ3) is 32.1. The van der Waals surface area contributed by atoms with Crippen molar-refractivity contribution < 1.29 is 14.3 Å². The van der Waals surface area contributed by atoms with E-state index in [4.69, 9.17) is 9.47 Å². The van der Waals surface area contributed by atoms with Crippen molar-refractivity contribution in [3.63, 3.8) is 0 Å². The van der Waals surface area contributed by atoms with Crippen LogP contribution in [0.25, 0.3) is 0 Å². The van der Waals surface area contributed by atoms with Crippen LogP contribution in [0, 0.1) is 0 Å². The van der Waals surface area contributed by atoms with Crippen molar-refractivity contribution in [2.24, 2.45) is 0 Å². The Labute approximate surface area is 308 Å². The Morgan fingerprint density at radius 3 is 1.62 bits per heavy atom. The number of rotatable bonds is 35. The molecule has 0 aromatic heterocycles. The number of unbranched alkanes of at least 4 members (excludes halogenated alkanes) is 24. The van der Waals surface area contributed by atoms with Crippen LogP contribution in [0.15, 0.2) is 0 Å². The van der Waals surface area contributed by atoms with E-state index in [-0.39, 0.29) is 9.68 Å². The molecule has 0 aromatic rings. The van der Waals surface area contributed by atoms with Crippen LogP contribution in [-0.4, -0.2) is 58.2 Å². The number of ether oxygens (including phenoxy) is 2. The van der Waals surface area contributed by atoms with Gasteiger partial charge in [-0.2, -0.15) is 0 Å². The molecule has 0 bridgehead atoms. The lowest BCUT2D eigenvalue weighted by Gasteiger charge is -2.30. The summed E-state index contributed by atoms with van der Waals surface area (Å²) in [6, 6.07) is 0. The van der Waals surface area contributed by atoms with Crippen LogP contribution in [0.5, 0.6) is 0 Å². The van der Waals surface area contributed by atoms with E-state index in [1.165, 1.54) is 193 Å². The van der Waals surface area contributed by atoms with Gasteiger partial charge in [0.05, 0.1) is 15.8 Å². The minimum atomic E-state index is -0.210. The summed E-state index contributed by atoms with van der Waals surface area (Å²) < 4.78 is 14.7. The number of carbonyl (C=O) groups is 1. The molecule has 1 heterocycles. The average Bonchev–Trinajstić information content (AvgIpc) is 3.08. The molecule has 2 atom stereocenters. The molecule has 0 N–H and O–H groups in total. The molecule has 2 unspecified atom stereocenters. The minimum Gasteiger partial charge on any atom is -0.355 e. The first-order valence-corrected chi connectivity index (χ1v) is 24.1. The maximum Gasteiger partial charge on any atom is 0.188 e. The molecular formula is C42H85NO3SSi. The third-order valence-electron chi connectivity index (χ3n) is 10.6. The van der Waals surface area contributed by atoms with Gasteiger partial charge in [-0.1, -0.05) is 186 Å². The van der Waals surface area contributed by atoms with E-state index < -0.39 is 0 Å². The quantitative estimate of drug-likeness (QED) is 0.0372. The van der Waals surface area contributed by atoms with Gasteiger partial charge in [-0.3, -0.25) is 4.79 Å². The molecule has 1 rings (SSSR count). The van der Waals surface area contributed by atoms with E-state index in [0.717, 1.165) is 37.2 Å². The van der Waals surface area contributed by atoms with Crippen molar-refractivity contribution >= 4 is 26.6 Å². The average molecular weight is 712 g/mol. The van der Waals surface area contributed by atoms with E-state index in [1.807, 2.05) is 0 Å². The van der Waals surface area contributed by atoms with Crippen LogP contribution in [0.4, 0.5) is 0 Å². The predicted molar refractivity (Wildman–Crippen MR) is 217 cm³/mol. The van der Waals surface area contributed by atoms with E-state index in [9.17, 15) is 4.79 Å². The van der Waals surface area contributed by atoms with Gasteiger partial charge in [-0.25, -0.2) is 0 Å². The Bertz CT molecular complexity index is 669. The fourth-order valence-electron chi connectivity index (χ4n) is 7.30. The van der Waals surface area contributed by atoms with Crippen LogP contribution < -0.4 is 0 Å². The molecule has 1 aliphatic rings. The first-order chi connectivity index (χ1) is 23.7. The minimum absolute atomic E-state index is 0.210. The second kappa shape index (κ2) is 36.9. The first-order valence-electron chi connectivity index (χ1n) is 21.7. The lowest BCUT2D eigenvalue weighted by Crippen LogP contribution is -2.34. The summed E-state index contributed by atoms with van der Waals surface area (Å²) in [7, 11) is 2.11. The Morgan fingerprint density at radius 1 is 0.625 bits per heavy atom. The summed E-state index contributed by atoms with van der Waals surface area (Å²) in [5.41, 5.74) is 0.852. The number of nitrogens with zero attached hydrogens (tertiary/aromatic N) is 1. The zero-order valence-electron chi connectivity index (χ0n) is 32.9. The second-order valence-corrected chi connectivity index (χ2v) is 19.2. The molecule has 6 heteroatoms. The van der Waals surface area contributed by atoms with Gasteiger partial charge in [0.2, 0.25) is 0 Å². The molecule has 1 aliphatic heterocycles. The molecule has 0 spiro atoms. The van der Waals surface area contributed by atoms with Gasteiger partial charge < -0.3 is 14.0 Å². The smallest absolute Gasteiger partial charge is 0.188 e. The number of carbonyl (C=O) groups excluding carboxylic acids is 1. The molecule has 0 radical (unpaired) electrons. The monoisotopic (exact) mass is 712 g/mol. The van der Waals surface area contributed by atoms with Gasteiger partial charge >= 0.3 is 0 Å². The van der Waals surface area contributed by atoms with Crippen LogP contribution >= 0.6 is 11.8 Å². The number of hydrogen-bond donors (Lipinski definition) is 0. The molecule has 1 saturated heterocycles. The summed E-state index contributed by atoms with van der Waals surface area (Å²) in [5, 5.41) is 0.428. The van der Waals surface area contributed by atoms with Crippen molar-refractivity contribution in [3.05, 3.63) is 0 Å². The van der Waals surface area contributed by atoms with Gasteiger partial charge in [0, 0.05) is 18.8 Å². The summed E-state index contributed by atoms with van der Waals surface area (Å²) >= 11 is 1.61. The van der Waals surface area contributed by atoms with Gasteiger partial charge in [-0.15, -0.1) is 0 Å². The topological polar surface area (TPSA) is 38.8 Å². The first kappa shape index (κ1) is 46.1. The Kier molecular flexibility index (Phi) is 35.5. The van der Waals surface area contributed by atoms with Crippen molar-refractivity contribution in [3.8, 4) is 0 Å². The Balaban J connectivity index is 1.94. The van der Waals surface area contributed by atoms with Gasteiger partial charge in [0.25, 0.3) is 0 Å². The molecule has 0 amide bonds. The molecule has 4 nitrogen and oxygen atoms in total. The molecule has 0 aliphatic carbocycles. The van der Waals surface area contributed by atoms with Gasteiger partial charge in [0.1, 0.15) is 6.79 Å². The SMILES string of the molecule is CCCCCCCCCCCCCCCOCOC1CCC(CCCSC(=O)CCCCCCCCCCCCCCC)[SiH2]N(C)CC1. The zero-order valence-corrected chi connectivity index (χ0v) is 35.1. The Morgan fingerprint density at radius 2 is 1.10 bits per heavy atom. The van der Waals surface area contributed by atoms with Crippen molar-refractivity contribution in [1.82, 2.24) is 4.57 Å². The van der Waals surface area contributed by atoms with Crippen molar-refractivity contribution in [2.75, 3.05) is 32.7 Å². The summed E-state index contributed by atoms with van der Waals surface area (Å²) in [5.74, 6) is 1.01. The van der Waals surface area contributed by atoms with E-state index >= 15 is 0 Å². The van der Waals surface area contributed by atoms with Crippen LogP contribution in [-0.2, 0) is 14.3 Å². The standard InChI is InChI=1S/C42H85NO3SSi/c1-4-6-8-10-12-14-16-18-20-22-24-26-28-32-42(44)47-38-30-31-41-34-33-40(35-36-43(3)48-41)46-39-45-37-29-27-25-23-21-19-17-15-13-11-9-7-5-2/h40-41H,4-39,48H2,1-3H3. The van der Waals surface area contributed by atoms with E-state index in [1.54, 1.807) is 11.8 Å². The lowest BCUT2D eigenvalue weighted by molar-refractivity contribution is -0.111. The van der Waals surface area contributed by atoms with Crippen molar-refractivity contribution in [1.29, 1.82) is 0 Å². The normalized spacial score (nSPS) is 18.0. The molecular weight excluding hydrogens is 627 g/mol. The highest BCUT2D eigenvalue weighted by molar-refractivity contribution is 8.13. The fraction of sp³-hybridized carbons (Fsp3) is 0.976. The molecule has 0 aromatic carbocycles. The van der Waals surface area contributed by atoms with E-state index in [2.05, 4.69) is 25.5 Å². The van der Waals surface area contributed by atoms with Gasteiger partial charge in [0.15, 0.2) is 5.12 Å². The number of hydrogen-bond acceptors (Lipinski definition) is 5. The predicted octanol–water partition coefficient (Wildman–Crippen LogP) is 12.9. The molecule has 48 heavy (non-hydrogen) atoms. The van der Waals surface area contributed by atoms with Gasteiger partial charge in [-0.05, 0) is 57.7 Å². The molecule has 1 fully saturated rings. The zero-order chi connectivity index (χ0) is 34.6. The Hall–Kier alpha value is 0.117. The molecule has 286 valence electrons. The maximum atomic E-state index is 12.4. The largest absolute Gasteiger partial charge is 0.355 e. The number of thioether (sulfide) groups is 1. The maximum absolute atomic E-state index is 12.4. The summed E-state index contributed by atoms with van der Waals surface area (Å²) in [6.45, 7) is 7.06. The van der Waals surface area contributed by atoms with Crippen molar-refractivity contribution in [2.45, 2.75) is 231 Å². The summed E-state index contributed by atoms with van der Waals surface area (Å²) in [4.78, 5) is 12.4. The third-order valence-corrected chi connectivity index (χ3v) is 13.9. The summed E-state index contributed by atoms with van der Waals surface area (Å²) in [6.07, 6.45) is 42.9. The second-order valence-electron chi connectivity index (χ2n) is 15.4. The van der Waals surface area contributed by atoms with Crippen LogP contribution in [0.1, 0.15) is 219 Å². The lowest BCUT2D eigenvalue weighted by atomic mass is 10.0. The molecule has 0 saturated carbocycles. The highest BCUT2D eigenvalue weighted by Gasteiger charge is 2.21. The highest BCUT2D eigenvalue weighted by atomic mass is 32.2. The van der Waals surface area contributed by atoms with Crippen LogP contribution in [0.3, 0.4) is 0 Å². The van der Waals surface area contributed by atoms with E-state index in [0.29, 0.717) is 18.0 Å². The van der Waals surface area contributed by atoms with Crippen LogP contribution in [0.2, 0.25) is 5.54 Å². The highest BCUT2D eigenvalue weighted by Crippen LogP contribution is 2.26. The fourth-order valence-corrected chi connectivity index (χ4v) is 10.3.